The molecule has 170 valence electrons. The molecule has 0 aromatic heterocycles. The predicted molar refractivity (Wildman–Crippen MR) is 125 cm³/mol. The highest BCUT2D eigenvalue weighted by Crippen LogP contribution is 2.28. The second kappa shape index (κ2) is 9.32. The molecule has 1 atom stereocenters. The van der Waals surface area contributed by atoms with E-state index in [-0.39, 0.29) is 15.9 Å². The van der Waals surface area contributed by atoms with Crippen molar-refractivity contribution in [1.29, 1.82) is 0 Å². The van der Waals surface area contributed by atoms with Gasteiger partial charge in [-0.05, 0) is 61.4 Å². The third kappa shape index (κ3) is 5.29. The summed E-state index contributed by atoms with van der Waals surface area (Å²) in [6, 6.07) is 20.1. The van der Waals surface area contributed by atoms with Crippen LogP contribution in [0.25, 0.3) is 0 Å². The van der Waals surface area contributed by atoms with Gasteiger partial charge in [0.1, 0.15) is 11.9 Å². The van der Waals surface area contributed by atoms with Crippen molar-refractivity contribution in [2.24, 2.45) is 0 Å². The number of hydrogen-bond donors (Lipinski definition) is 1. The van der Waals surface area contributed by atoms with Crippen LogP contribution in [0, 0.1) is 6.92 Å². The number of ether oxygens (including phenoxy) is 1. The SMILES string of the molecule is Cc1cc(OC(C)c2ccccc2)ccc1NS(=O)(=O)c1cccc(S(=O)(=O)N(C)C)c1. The number of nitrogens with zero attached hydrogens (tertiary/aromatic N) is 1. The fourth-order valence-electron chi connectivity index (χ4n) is 3.04. The van der Waals surface area contributed by atoms with Gasteiger partial charge in [0.2, 0.25) is 10.0 Å². The smallest absolute Gasteiger partial charge is 0.261 e. The Kier molecular flexibility index (Phi) is 6.92. The lowest BCUT2D eigenvalue weighted by molar-refractivity contribution is 0.227. The molecule has 0 saturated carbocycles. The van der Waals surface area contributed by atoms with Crippen LogP contribution in [-0.2, 0) is 20.0 Å². The zero-order chi connectivity index (χ0) is 23.5. The number of nitrogens with one attached hydrogen (secondary N) is 1. The Morgan fingerprint density at radius 3 is 2.12 bits per heavy atom. The van der Waals surface area contributed by atoms with Gasteiger partial charge >= 0.3 is 0 Å². The first-order chi connectivity index (χ1) is 15.0. The van der Waals surface area contributed by atoms with E-state index in [9.17, 15) is 16.8 Å². The van der Waals surface area contributed by atoms with Gasteiger partial charge in [-0.3, -0.25) is 4.72 Å². The number of benzene rings is 3. The summed E-state index contributed by atoms with van der Waals surface area (Å²) in [5, 5.41) is 0. The van der Waals surface area contributed by atoms with Gasteiger partial charge in [-0.15, -0.1) is 0 Å². The highest BCUT2D eigenvalue weighted by atomic mass is 32.2. The summed E-state index contributed by atoms with van der Waals surface area (Å²) in [6.45, 7) is 3.71. The molecule has 3 rings (SSSR count). The van der Waals surface area contributed by atoms with Crippen molar-refractivity contribution in [1.82, 2.24) is 4.31 Å². The van der Waals surface area contributed by atoms with Gasteiger partial charge in [-0.2, -0.15) is 0 Å². The molecule has 32 heavy (non-hydrogen) atoms. The maximum atomic E-state index is 12.9. The second-order valence-electron chi connectivity index (χ2n) is 7.52. The van der Waals surface area contributed by atoms with Crippen molar-refractivity contribution < 1.29 is 21.6 Å². The van der Waals surface area contributed by atoms with Gasteiger partial charge in [0, 0.05) is 14.1 Å². The number of aryl methyl sites for hydroxylation is 1. The van der Waals surface area contributed by atoms with E-state index < -0.39 is 20.0 Å². The molecule has 0 saturated heterocycles. The Hall–Kier alpha value is -2.88. The first-order valence-electron chi connectivity index (χ1n) is 9.88. The molecule has 0 fully saturated rings. The molecule has 7 nitrogen and oxygen atoms in total. The molecule has 0 aliphatic heterocycles. The first kappa shape index (κ1) is 23.8. The van der Waals surface area contributed by atoms with E-state index in [1.165, 1.54) is 32.3 Å². The van der Waals surface area contributed by atoms with Crippen molar-refractivity contribution in [3.8, 4) is 5.75 Å². The Labute approximate surface area is 189 Å². The second-order valence-corrected chi connectivity index (χ2v) is 11.3. The molecule has 0 radical (unpaired) electrons. The van der Waals surface area contributed by atoms with Crippen LogP contribution in [-0.4, -0.2) is 35.2 Å². The van der Waals surface area contributed by atoms with Crippen molar-refractivity contribution in [3.05, 3.63) is 83.9 Å². The van der Waals surface area contributed by atoms with E-state index in [1.807, 2.05) is 37.3 Å². The van der Waals surface area contributed by atoms with Gasteiger partial charge in [-0.25, -0.2) is 21.1 Å². The van der Waals surface area contributed by atoms with E-state index in [0.29, 0.717) is 17.0 Å². The maximum Gasteiger partial charge on any atom is 0.261 e. The van der Waals surface area contributed by atoms with Gasteiger partial charge in [0.05, 0.1) is 15.5 Å². The van der Waals surface area contributed by atoms with Crippen LogP contribution < -0.4 is 9.46 Å². The molecule has 9 heteroatoms. The van der Waals surface area contributed by atoms with Gasteiger partial charge in [0.15, 0.2) is 0 Å². The van der Waals surface area contributed by atoms with Crippen LogP contribution in [0.3, 0.4) is 0 Å². The minimum absolute atomic E-state index is 0.0965. The lowest BCUT2D eigenvalue weighted by Gasteiger charge is -2.17. The normalized spacial score (nSPS) is 13.0. The summed E-state index contributed by atoms with van der Waals surface area (Å²) in [7, 11) is -4.97. The van der Waals surface area contributed by atoms with Crippen LogP contribution in [0.4, 0.5) is 5.69 Å². The van der Waals surface area contributed by atoms with E-state index in [2.05, 4.69) is 4.72 Å². The summed E-state index contributed by atoms with van der Waals surface area (Å²) >= 11 is 0. The lowest BCUT2D eigenvalue weighted by Crippen LogP contribution is -2.22. The molecule has 0 aliphatic rings. The molecule has 0 bridgehead atoms. The van der Waals surface area contributed by atoms with Crippen LogP contribution in [0.2, 0.25) is 0 Å². The molecule has 1 N–H and O–H groups in total. The summed E-state index contributed by atoms with van der Waals surface area (Å²) in [6.07, 6.45) is -0.167. The van der Waals surface area contributed by atoms with Gasteiger partial charge < -0.3 is 4.74 Å². The van der Waals surface area contributed by atoms with E-state index in [0.717, 1.165) is 15.9 Å². The van der Waals surface area contributed by atoms with Crippen molar-refractivity contribution in [2.45, 2.75) is 29.7 Å². The number of sulfonamides is 2. The molecule has 0 amide bonds. The number of hydrogen-bond acceptors (Lipinski definition) is 5. The Balaban J connectivity index is 1.81. The topological polar surface area (TPSA) is 92.8 Å². The fourth-order valence-corrected chi connectivity index (χ4v) is 5.24. The first-order valence-corrected chi connectivity index (χ1v) is 12.8. The molecular weight excluding hydrogens is 448 g/mol. The molecule has 3 aromatic carbocycles. The summed E-state index contributed by atoms with van der Waals surface area (Å²) in [4.78, 5) is -0.237. The van der Waals surface area contributed by atoms with Crippen LogP contribution >= 0.6 is 0 Å². The average Bonchev–Trinajstić information content (AvgIpc) is 2.76. The van der Waals surface area contributed by atoms with Crippen LogP contribution in [0.5, 0.6) is 5.75 Å². The van der Waals surface area contributed by atoms with Crippen LogP contribution in [0.15, 0.2) is 82.6 Å². The summed E-state index contributed by atoms with van der Waals surface area (Å²) in [5.74, 6) is 0.612. The Morgan fingerprint density at radius 2 is 1.50 bits per heavy atom. The zero-order valence-corrected chi connectivity index (χ0v) is 19.9. The number of anilines is 1. The molecule has 3 aromatic rings. The van der Waals surface area contributed by atoms with E-state index in [1.54, 1.807) is 25.1 Å². The summed E-state index contributed by atoms with van der Waals surface area (Å²) in [5.41, 5.74) is 2.08. The van der Waals surface area contributed by atoms with E-state index >= 15 is 0 Å². The highest BCUT2D eigenvalue weighted by Gasteiger charge is 2.22. The fraction of sp³-hybridized carbons (Fsp3) is 0.217. The third-order valence-electron chi connectivity index (χ3n) is 4.92. The Morgan fingerprint density at radius 1 is 0.844 bits per heavy atom. The van der Waals surface area contributed by atoms with E-state index in [4.69, 9.17) is 4.74 Å². The standard InChI is InChI=1S/C23H26N2O5S2/c1-17-15-20(30-18(2)19-9-6-5-7-10-19)13-14-23(17)24-31(26,27)21-11-8-12-22(16-21)32(28,29)25(3)4/h5-16,18,24H,1-4H3. The Bertz CT molecular complexity index is 1310. The molecule has 0 heterocycles. The summed E-state index contributed by atoms with van der Waals surface area (Å²) < 4.78 is 60.0. The van der Waals surface area contributed by atoms with Gasteiger partial charge in [0.25, 0.3) is 10.0 Å². The lowest BCUT2D eigenvalue weighted by atomic mass is 10.1. The maximum absolute atomic E-state index is 12.9. The van der Waals surface area contributed by atoms with Gasteiger partial charge in [-0.1, -0.05) is 36.4 Å². The third-order valence-corrected chi connectivity index (χ3v) is 8.09. The quantitative estimate of drug-likeness (QED) is 0.529. The molecular formula is C23H26N2O5S2. The molecule has 1 unspecified atom stereocenters. The monoisotopic (exact) mass is 474 g/mol. The number of rotatable bonds is 8. The largest absolute Gasteiger partial charge is 0.486 e. The van der Waals surface area contributed by atoms with Crippen molar-refractivity contribution >= 4 is 25.7 Å². The zero-order valence-electron chi connectivity index (χ0n) is 18.3. The van der Waals surface area contributed by atoms with Crippen molar-refractivity contribution in [2.75, 3.05) is 18.8 Å². The van der Waals surface area contributed by atoms with Crippen molar-refractivity contribution in [3.63, 3.8) is 0 Å². The highest BCUT2D eigenvalue weighted by molar-refractivity contribution is 7.93. The molecule has 0 spiro atoms. The molecule has 0 aliphatic carbocycles. The predicted octanol–water partition coefficient (Wildman–Crippen LogP) is 4.19. The van der Waals surface area contributed by atoms with Crippen LogP contribution in [0.1, 0.15) is 24.2 Å². The average molecular weight is 475 g/mol. The minimum Gasteiger partial charge on any atom is -0.486 e. The minimum atomic E-state index is -4.00.